The second-order valence-corrected chi connectivity index (χ2v) is 15.7. The smallest absolute Gasteiger partial charge is 0.326 e. The summed E-state index contributed by atoms with van der Waals surface area (Å²) in [5.41, 5.74) is 0. The van der Waals surface area contributed by atoms with Gasteiger partial charge < -0.3 is 20.0 Å². The molecule has 5 unspecified atom stereocenters. The van der Waals surface area contributed by atoms with E-state index in [0.717, 1.165) is 50.0 Å². The number of unbranched alkanes of at least 4 members (excludes halogenated alkanes) is 2. The van der Waals surface area contributed by atoms with Crippen LogP contribution in [0, 0.1) is 11.8 Å². The molecule has 0 radical (unpaired) electrons. The Morgan fingerprint density at radius 1 is 0.789 bits per heavy atom. The Bertz CT molecular complexity index is 791. The third kappa shape index (κ3) is 10.9. The van der Waals surface area contributed by atoms with Crippen LogP contribution in [0.25, 0.3) is 0 Å². The van der Waals surface area contributed by atoms with Gasteiger partial charge in [-0.3, -0.25) is 9.59 Å². The highest BCUT2D eigenvalue weighted by Crippen LogP contribution is 2.37. The van der Waals surface area contributed by atoms with Gasteiger partial charge in [-0.15, -0.1) is 0 Å². The molecule has 0 saturated carbocycles. The number of nitrogens with zero attached hydrogens (tertiary/aromatic N) is 2. The van der Waals surface area contributed by atoms with E-state index in [1.807, 2.05) is 13.8 Å². The molecule has 2 saturated heterocycles. The number of rotatable bonds is 18. The number of aliphatic carboxylic acids is 2. The van der Waals surface area contributed by atoms with E-state index in [1.54, 1.807) is 43.2 Å². The standard InChI is InChI=1S/C25H42N2O6S5/c1-17(22(28)26-11-6-9-20(26)24(30)31)14-35-36-16-19(8-4-3-5-13-34)38-37-15-18(2)23(29)27-12-7-10-21(27)25(32)33/h17-21,34H,3-16H2,1-2H3,(H,30,31)(H,32,33). The normalized spacial score (nSPS) is 21.9. The molecule has 0 aromatic rings. The van der Waals surface area contributed by atoms with E-state index >= 15 is 0 Å². The van der Waals surface area contributed by atoms with Crippen LogP contribution in [0.5, 0.6) is 0 Å². The Labute approximate surface area is 248 Å². The first-order valence-corrected chi connectivity index (χ1v) is 18.9. The third-order valence-electron chi connectivity index (χ3n) is 6.85. The highest BCUT2D eigenvalue weighted by atomic mass is 33.1. The molecule has 2 N–H and O–H groups in total. The van der Waals surface area contributed by atoms with Crippen LogP contribution in [0.3, 0.4) is 0 Å². The maximum atomic E-state index is 12.8. The Kier molecular flexibility index (Phi) is 16.2. The fraction of sp³-hybridized carbons (Fsp3) is 0.840. The van der Waals surface area contributed by atoms with E-state index in [2.05, 4.69) is 12.6 Å². The lowest BCUT2D eigenvalue weighted by molar-refractivity contribution is -0.149. The second-order valence-electron chi connectivity index (χ2n) is 10.0. The van der Waals surface area contributed by atoms with Crippen molar-refractivity contribution in [1.82, 2.24) is 9.80 Å². The first-order valence-electron chi connectivity index (χ1n) is 13.4. The molecule has 0 aromatic heterocycles. The van der Waals surface area contributed by atoms with E-state index in [0.29, 0.717) is 42.7 Å². The van der Waals surface area contributed by atoms with Gasteiger partial charge in [-0.2, -0.15) is 12.6 Å². The average molecular weight is 627 g/mol. The van der Waals surface area contributed by atoms with Gasteiger partial charge in [0, 0.05) is 47.4 Å². The zero-order valence-corrected chi connectivity index (χ0v) is 26.4. The van der Waals surface area contributed by atoms with Gasteiger partial charge >= 0.3 is 11.9 Å². The van der Waals surface area contributed by atoms with Crippen LogP contribution in [0.4, 0.5) is 0 Å². The summed E-state index contributed by atoms with van der Waals surface area (Å²) in [5.74, 6) is 0.654. The summed E-state index contributed by atoms with van der Waals surface area (Å²) < 4.78 is 0. The van der Waals surface area contributed by atoms with Gasteiger partial charge in [-0.1, -0.05) is 69.9 Å². The fourth-order valence-electron chi connectivity index (χ4n) is 4.61. The predicted molar refractivity (Wildman–Crippen MR) is 164 cm³/mol. The lowest BCUT2D eigenvalue weighted by Crippen LogP contribution is -2.43. The Balaban J connectivity index is 1.76. The zero-order chi connectivity index (χ0) is 28.1. The van der Waals surface area contributed by atoms with Crippen molar-refractivity contribution in [1.29, 1.82) is 0 Å². The lowest BCUT2D eigenvalue weighted by Gasteiger charge is -2.25. The molecular formula is C25H42N2O6S5. The van der Waals surface area contributed by atoms with Gasteiger partial charge in [0.15, 0.2) is 0 Å². The molecule has 0 spiro atoms. The number of carboxylic acids is 2. The van der Waals surface area contributed by atoms with Crippen molar-refractivity contribution >= 4 is 79.6 Å². The summed E-state index contributed by atoms with van der Waals surface area (Å²) in [6.07, 6.45) is 6.95. The van der Waals surface area contributed by atoms with Crippen LogP contribution in [-0.4, -0.2) is 97.2 Å². The summed E-state index contributed by atoms with van der Waals surface area (Å²) in [6, 6.07) is -1.38. The highest BCUT2D eigenvalue weighted by molar-refractivity contribution is 8.78. The van der Waals surface area contributed by atoms with E-state index in [-0.39, 0.29) is 23.7 Å². The molecule has 2 heterocycles. The van der Waals surface area contributed by atoms with Gasteiger partial charge in [0.05, 0.1) is 0 Å². The molecule has 0 bridgehead atoms. The number of carboxylic acid groups (broad SMARTS) is 2. The van der Waals surface area contributed by atoms with Gasteiger partial charge in [0.25, 0.3) is 0 Å². The van der Waals surface area contributed by atoms with Crippen LogP contribution in [0.2, 0.25) is 0 Å². The van der Waals surface area contributed by atoms with E-state index < -0.39 is 24.0 Å². The molecule has 2 rings (SSSR count). The fourth-order valence-corrected chi connectivity index (χ4v) is 11.2. The first-order chi connectivity index (χ1) is 18.2. The lowest BCUT2D eigenvalue weighted by atomic mass is 10.1. The molecule has 13 heteroatoms. The van der Waals surface area contributed by atoms with Crippen molar-refractivity contribution < 1.29 is 29.4 Å². The Morgan fingerprint density at radius 2 is 1.29 bits per heavy atom. The molecule has 0 aliphatic carbocycles. The molecule has 2 aliphatic heterocycles. The van der Waals surface area contributed by atoms with Crippen molar-refractivity contribution in [2.75, 3.05) is 36.1 Å². The van der Waals surface area contributed by atoms with Gasteiger partial charge in [-0.25, -0.2) is 9.59 Å². The van der Waals surface area contributed by atoms with E-state index in [4.69, 9.17) is 0 Å². The minimum Gasteiger partial charge on any atom is -0.480 e. The van der Waals surface area contributed by atoms with Crippen molar-refractivity contribution in [2.45, 2.75) is 82.5 Å². The number of carbonyl (C=O) groups is 4. The summed E-state index contributed by atoms with van der Waals surface area (Å²) >= 11 is 4.30. The van der Waals surface area contributed by atoms with Crippen molar-refractivity contribution in [2.24, 2.45) is 11.8 Å². The molecule has 2 fully saturated rings. The van der Waals surface area contributed by atoms with Gasteiger partial charge in [-0.05, 0) is 44.3 Å². The SMILES string of the molecule is CC(CSSCC(CCCCCS)SSCC(C)C(=O)N1CCCC1C(=O)O)C(=O)N1CCCC1C(=O)O. The average Bonchev–Trinajstić information content (AvgIpc) is 3.58. The van der Waals surface area contributed by atoms with Crippen molar-refractivity contribution in [3.63, 3.8) is 0 Å². The minimum absolute atomic E-state index is 0.0694. The quantitative estimate of drug-likeness (QED) is 0.109. The van der Waals surface area contributed by atoms with Crippen molar-refractivity contribution in [3.8, 4) is 0 Å². The van der Waals surface area contributed by atoms with Crippen LogP contribution < -0.4 is 0 Å². The van der Waals surface area contributed by atoms with Crippen molar-refractivity contribution in [3.05, 3.63) is 0 Å². The molecule has 38 heavy (non-hydrogen) atoms. The monoisotopic (exact) mass is 626 g/mol. The maximum Gasteiger partial charge on any atom is 0.326 e. The zero-order valence-electron chi connectivity index (χ0n) is 22.3. The molecule has 2 aliphatic rings. The predicted octanol–water partition coefficient (Wildman–Crippen LogP) is 5.03. The molecular weight excluding hydrogens is 585 g/mol. The topological polar surface area (TPSA) is 115 Å². The maximum absolute atomic E-state index is 12.8. The Morgan fingerprint density at radius 3 is 1.79 bits per heavy atom. The third-order valence-corrected chi connectivity index (χ3v) is 13.1. The number of carbonyl (C=O) groups excluding carboxylic acids is 2. The largest absolute Gasteiger partial charge is 0.480 e. The molecule has 218 valence electrons. The number of likely N-dealkylation sites (tertiary alicyclic amines) is 2. The number of hydrogen-bond donors (Lipinski definition) is 3. The second kappa shape index (κ2) is 18.1. The summed E-state index contributed by atoms with van der Waals surface area (Å²) in [7, 11) is 6.90. The number of thiol groups is 1. The molecule has 2 amide bonds. The minimum atomic E-state index is -0.918. The van der Waals surface area contributed by atoms with E-state index in [1.165, 1.54) is 9.80 Å². The van der Waals surface area contributed by atoms with Crippen LogP contribution in [0.1, 0.15) is 65.2 Å². The van der Waals surface area contributed by atoms with Crippen LogP contribution >= 0.6 is 55.8 Å². The molecule has 5 atom stereocenters. The summed E-state index contributed by atoms with van der Waals surface area (Å²) in [4.78, 5) is 51.5. The molecule has 0 aromatic carbocycles. The Hall–Kier alpha value is -0.370. The van der Waals surface area contributed by atoms with Crippen LogP contribution in [-0.2, 0) is 19.2 Å². The highest BCUT2D eigenvalue weighted by Gasteiger charge is 2.37. The number of amides is 2. The first kappa shape index (κ1) is 33.8. The molecule has 8 nitrogen and oxygen atoms in total. The summed E-state index contributed by atoms with van der Waals surface area (Å²) in [6.45, 7) is 4.80. The number of hydrogen-bond acceptors (Lipinski definition) is 9. The van der Waals surface area contributed by atoms with Gasteiger partial charge in [0.2, 0.25) is 11.8 Å². The van der Waals surface area contributed by atoms with Gasteiger partial charge in [0.1, 0.15) is 12.1 Å². The van der Waals surface area contributed by atoms with E-state index in [9.17, 15) is 29.4 Å². The summed E-state index contributed by atoms with van der Waals surface area (Å²) in [5, 5.41) is 19.1. The van der Waals surface area contributed by atoms with Crippen LogP contribution in [0.15, 0.2) is 0 Å².